The molecule has 0 aliphatic rings. The predicted octanol–water partition coefficient (Wildman–Crippen LogP) is 6.75. The number of benzene rings is 2. The Morgan fingerprint density at radius 2 is 1.79 bits per heavy atom. The maximum absolute atomic E-state index is 12.6. The van der Waals surface area contributed by atoms with Crippen LogP contribution < -0.4 is 15.0 Å². The standard InChI is InChI=1S/C28H38N2O4/c1-5-8-9-10-11-17-29-28(33)30(4)24-14-12-13-23(20-24)25-16-15-21(19-26(25)34-7-3)18-22(6-2)27(31)32/h12-16,18-20H,5-11,17H2,1-4H3,(H,29,33)(H,31,32). The molecule has 0 saturated heterocycles. The van der Waals surface area contributed by atoms with Crippen LogP contribution in [0.4, 0.5) is 10.5 Å². The SMILES string of the molecule is CCCCCCCNC(=O)N(C)c1cccc(-c2ccc(C=C(CC)C(=O)O)cc2OCC)c1. The molecule has 0 aliphatic heterocycles. The van der Waals surface area contributed by atoms with E-state index in [1.54, 1.807) is 18.0 Å². The van der Waals surface area contributed by atoms with Gasteiger partial charge in [-0.2, -0.15) is 0 Å². The number of amides is 2. The van der Waals surface area contributed by atoms with Crippen molar-refractivity contribution in [1.82, 2.24) is 5.32 Å². The molecule has 0 aliphatic carbocycles. The molecule has 0 aromatic heterocycles. The van der Waals surface area contributed by atoms with Crippen molar-refractivity contribution in [3.05, 3.63) is 53.6 Å². The Labute approximate surface area is 203 Å². The van der Waals surface area contributed by atoms with Crippen LogP contribution in [-0.2, 0) is 4.79 Å². The van der Waals surface area contributed by atoms with Gasteiger partial charge in [0.2, 0.25) is 0 Å². The van der Waals surface area contributed by atoms with E-state index in [2.05, 4.69) is 12.2 Å². The van der Waals surface area contributed by atoms with Crippen LogP contribution in [0.15, 0.2) is 48.0 Å². The van der Waals surface area contributed by atoms with Gasteiger partial charge < -0.3 is 15.2 Å². The van der Waals surface area contributed by atoms with Crippen molar-refractivity contribution >= 4 is 23.8 Å². The van der Waals surface area contributed by atoms with Crippen molar-refractivity contribution in [2.75, 3.05) is 25.1 Å². The fourth-order valence-corrected chi connectivity index (χ4v) is 3.70. The zero-order valence-electron chi connectivity index (χ0n) is 20.9. The second-order valence-electron chi connectivity index (χ2n) is 8.27. The average molecular weight is 467 g/mol. The molecule has 2 N–H and O–H groups in total. The predicted molar refractivity (Wildman–Crippen MR) is 140 cm³/mol. The minimum atomic E-state index is -0.917. The van der Waals surface area contributed by atoms with Crippen LogP contribution in [0, 0.1) is 0 Å². The van der Waals surface area contributed by atoms with Gasteiger partial charge in [-0.05, 0) is 55.2 Å². The lowest BCUT2D eigenvalue weighted by atomic mass is 10.0. The molecule has 184 valence electrons. The number of anilines is 1. The minimum Gasteiger partial charge on any atom is -0.493 e. The third-order valence-electron chi connectivity index (χ3n) is 5.71. The first-order valence-electron chi connectivity index (χ1n) is 12.2. The van der Waals surface area contributed by atoms with Crippen molar-refractivity contribution in [2.24, 2.45) is 0 Å². The zero-order chi connectivity index (χ0) is 24.9. The van der Waals surface area contributed by atoms with Gasteiger partial charge in [0.1, 0.15) is 5.75 Å². The molecule has 34 heavy (non-hydrogen) atoms. The van der Waals surface area contributed by atoms with Gasteiger partial charge in [0, 0.05) is 30.4 Å². The van der Waals surface area contributed by atoms with Crippen LogP contribution >= 0.6 is 0 Å². The van der Waals surface area contributed by atoms with Crippen molar-refractivity contribution in [2.45, 2.75) is 59.3 Å². The van der Waals surface area contributed by atoms with Crippen LogP contribution in [0.1, 0.15) is 64.9 Å². The summed E-state index contributed by atoms with van der Waals surface area (Å²) in [4.78, 5) is 25.6. The van der Waals surface area contributed by atoms with Crippen molar-refractivity contribution in [3.8, 4) is 16.9 Å². The summed E-state index contributed by atoms with van der Waals surface area (Å²) in [6, 6.07) is 13.3. The highest BCUT2D eigenvalue weighted by Gasteiger charge is 2.14. The number of hydrogen-bond donors (Lipinski definition) is 2. The highest BCUT2D eigenvalue weighted by atomic mass is 16.5. The molecule has 2 amide bonds. The number of carbonyl (C=O) groups is 2. The molecule has 2 rings (SSSR count). The molecule has 0 atom stereocenters. The molecule has 0 bridgehead atoms. The number of aliphatic carboxylic acids is 1. The van der Waals surface area contributed by atoms with Gasteiger partial charge in [-0.15, -0.1) is 0 Å². The van der Waals surface area contributed by atoms with E-state index in [1.165, 1.54) is 19.3 Å². The second-order valence-corrected chi connectivity index (χ2v) is 8.27. The van der Waals surface area contributed by atoms with Crippen molar-refractivity contribution < 1.29 is 19.4 Å². The molecule has 6 heteroatoms. The average Bonchev–Trinajstić information content (AvgIpc) is 2.84. The Balaban J connectivity index is 2.20. The van der Waals surface area contributed by atoms with E-state index >= 15 is 0 Å². The van der Waals surface area contributed by atoms with Crippen molar-refractivity contribution in [3.63, 3.8) is 0 Å². The maximum Gasteiger partial charge on any atom is 0.331 e. The van der Waals surface area contributed by atoms with Crippen LogP contribution in [0.2, 0.25) is 0 Å². The largest absolute Gasteiger partial charge is 0.493 e. The summed E-state index contributed by atoms with van der Waals surface area (Å²) in [6.45, 7) is 7.08. The van der Waals surface area contributed by atoms with E-state index in [-0.39, 0.29) is 6.03 Å². The number of hydrogen-bond acceptors (Lipinski definition) is 3. The summed E-state index contributed by atoms with van der Waals surface area (Å²) in [7, 11) is 1.76. The van der Waals surface area contributed by atoms with Gasteiger partial charge in [0.15, 0.2) is 0 Å². The Morgan fingerprint density at radius 3 is 2.47 bits per heavy atom. The van der Waals surface area contributed by atoms with Crippen molar-refractivity contribution in [1.29, 1.82) is 0 Å². The van der Waals surface area contributed by atoms with Crippen LogP contribution in [-0.4, -0.2) is 37.3 Å². The lowest BCUT2D eigenvalue weighted by Crippen LogP contribution is -2.37. The zero-order valence-corrected chi connectivity index (χ0v) is 20.9. The van der Waals surface area contributed by atoms with Gasteiger partial charge >= 0.3 is 12.0 Å². The second kappa shape index (κ2) is 14.1. The Bertz CT molecular complexity index is 984. The monoisotopic (exact) mass is 466 g/mol. The lowest BCUT2D eigenvalue weighted by molar-refractivity contribution is -0.132. The summed E-state index contributed by atoms with van der Waals surface area (Å²) in [5.41, 5.74) is 3.71. The summed E-state index contributed by atoms with van der Waals surface area (Å²) in [5.74, 6) is -0.243. The van der Waals surface area contributed by atoms with Crippen LogP contribution in [0.3, 0.4) is 0 Å². The third kappa shape index (κ3) is 7.94. The van der Waals surface area contributed by atoms with Gasteiger partial charge in [-0.1, -0.05) is 63.8 Å². The first kappa shape index (κ1) is 27.0. The van der Waals surface area contributed by atoms with Gasteiger partial charge in [-0.3, -0.25) is 4.90 Å². The molecule has 0 spiro atoms. The molecule has 0 unspecified atom stereocenters. The summed E-state index contributed by atoms with van der Waals surface area (Å²) in [6.07, 6.45) is 7.88. The number of carbonyl (C=O) groups excluding carboxylic acids is 1. The third-order valence-corrected chi connectivity index (χ3v) is 5.71. The molecule has 0 fully saturated rings. The minimum absolute atomic E-state index is 0.126. The fourth-order valence-electron chi connectivity index (χ4n) is 3.70. The smallest absolute Gasteiger partial charge is 0.331 e. The van der Waals surface area contributed by atoms with Gasteiger partial charge in [0.05, 0.1) is 6.61 Å². The molecule has 2 aromatic rings. The highest BCUT2D eigenvalue weighted by Crippen LogP contribution is 2.34. The number of carboxylic acid groups (broad SMARTS) is 1. The quantitative estimate of drug-likeness (QED) is 0.253. The summed E-state index contributed by atoms with van der Waals surface area (Å²) >= 11 is 0. The summed E-state index contributed by atoms with van der Waals surface area (Å²) in [5, 5.41) is 12.3. The lowest BCUT2D eigenvalue weighted by Gasteiger charge is -2.19. The van der Waals surface area contributed by atoms with Gasteiger partial charge in [0.25, 0.3) is 0 Å². The van der Waals surface area contributed by atoms with E-state index in [9.17, 15) is 14.7 Å². The topological polar surface area (TPSA) is 78.9 Å². The summed E-state index contributed by atoms with van der Waals surface area (Å²) < 4.78 is 5.88. The Hall–Kier alpha value is -3.28. The number of rotatable bonds is 13. The number of ether oxygens (including phenoxy) is 1. The number of nitrogens with zero attached hydrogens (tertiary/aromatic N) is 1. The van der Waals surface area contributed by atoms with Gasteiger partial charge in [-0.25, -0.2) is 9.59 Å². The molecular weight excluding hydrogens is 428 g/mol. The molecule has 0 heterocycles. The Morgan fingerprint density at radius 1 is 1.03 bits per heavy atom. The fraction of sp³-hybridized carbons (Fsp3) is 0.429. The number of unbranched alkanes of at least 4 members (excludes halogenated alkanes) is 4. The number of nitrogens with one attached hydrogen (secondary N) is 1. The van der Waals surface area contributed by atoms with E-state index in [0.29, 0.717) is 30.9 Å². The normalized spacial score (nSPS) is 11.2. The molecule has 0 saturated carbocycles. The van der Waals surface area contributed by atoms with Crippen LogP contribution in [0.25, 0.3) is 17.2 Å². The molecular formula is C28H38N2O4. The highest BCUT2D eigenvalue weighted by molar-refractivity contribution is 5.93. The number of urea groups is 1. The van der Waals surface area contributed by atoms with E-state index in [0.717, 1.165) is 35.2 Å². The first-order chi connectivity index (χ1) is 16.4. The molecule has 6 nitrogen and oxygen atoms in total. The number of carboxylic acids is 1. The van der Waals surface area contributed by atoms with Crippen LogP contribution in [0.5, 0.6) is 5.75 Å². The molecule has 2 aromatic carbocycles. The van der Waals surface area contributed by atoms with E-state index in [1.807, 2.05) is 56.3 Å². The van der Waals surface area contributed by atoms with E-state index < -0.39 is 5.97 Å². The maximum atomic E-state index is 12.6. The first-order valence-corrected chi connectivity index (χ1v) is 12.2. The molecule has 0 radical (unpaired) electrons. The van der Waals surface area contributed by atoms with E-state index in [4.69, 9.17) is 4.74 Å². The Kier molecular flexibility index (Phi) is 11.2.